The molecule has 0 aromatic heterocycles. The molecule has 0 aliphatic heterocycles. The number of rotatable bonds is 5. The molecule has 0 radical (unpaired) electrons. The summed E-state index contributed by atoms with van der Waals surface area (Å²) in [6, 6.07) is 5.98. The van der Waals surface area contributed by atoms with Crippen molar-refractivity contribution in [1.82, 2.24) is 4.72 Å². The zero-order valence-corrected chi connectivity index (χ0v) is 11.6. The molecule has 2 N–H and O–H groups in total. The van der Waals surface area contributed by atoms with Gasteiger partial charge in [0.1, 0.15) is 0 Å². The van der Waals surface area contributed by atoms with Crippen LogP contribution >= 0.6 is 15.9 Å². The minimum atomic E-state index is -3.42. The van der Waals surface area contributed by atoms with Gasteiger partial charge in [0.25, 0.3) is 0 Å². The molecule has 0 bridgehead atoms. The molecule has 7 heteroatoms. The van der Waals surface area contributed by atoms with E-state index in [0.29, 0.717) is 17.4 Å². The number of amides is 1. The van der Waals surface area contributed by atoms with Crippen LogP contribution in [0.25, 0.3) is 0 Å². The predicted molar refractivity (Wildman–Crippen MR) is 69.7 cm³/mol. The van der Waals surface area contributed by atoms with Crippen LogP contribution in [0.2, 0.25) is 0 Å². The van der Waals surface area contributed by atoms with Crippen molar-refractivity contribution >= 4 is 37.5 Å². The zero-order valence-electron chi connectivity index (χ0n) is 9.23. The second kappa shape index (κ2) is 6.13. The lowest BCUT2D eigenvalue weighted by molar-refractivity contribution is -0.115. The van der Waals surface area contributed by atoms with E-state index in [1.165, 1.54) is 19.2 Å². The summed E-state index contributed by atoms with van der Waals surface area (Å²) in [7, 11) is -2.08. The molecule has 0 aliphatic rings. The Morgan fingerprint density at radius 2 is 1.88 bits per heavy atom. The summed E-state index contributed by atoms with van der Waals surface area (Å²) in [5, 5.41) is 3.24. The van der Waals surface area contributed by atoms with Crippen LogP contribution in [0, 0.1) is 0 Å². The van der Waals surface area contributed by atoms with Crippen molar-refractivity contribution in [3.05, 3.63) is 24.3 Å². The maximum Gasteiger partial charge on any atom is 0.240 e. The number of halogens is 1. The lowest BCUT2D eigenvalue weighted by Crippen LogP contribution is -2.18. The third kappa shape index (κ3) is 4.10. The van der Waals surface area contributed by atoms with E-state index in [1.54, 1.807) is 12.1 Å². The fourth-order valence-electron chi connectivity index (χ4n) is 1.14. The highest BCUT2D eigenvalue weighted by atomic mass is 79.9. The molecule has 17 heavy (non-hydrogen) atoms. The van der Waals surface area contributed by atoms with Crippen LogP contribution in [-0.2, 0) is 14.8 Å². The molecule has 0 fully saturated rings. The van der Waals surface area contributed by atoms with E-state index in [9.17, 15) is 13.2 Å². The smallest absolute Gasteiger partial charge is 0.240 e. The summed E-state index contributed by atoms with van der Waals surface area (Å²) in [4.78, 5) is 11.4. The molecular formula is C10H13BrN2O3S. The van der Waals surface area contributed by atoms with E-state index in [2.05, 4.69) is 26.0 Å². The van der Waals surface area contributed by atoms with Crippen molar-refractivity contribution in [1.29, 1.82) is 0 Å². The summed E-state index contributed by atoms with van der Waals surface area (Å²) in [6.45, 7) is 0. The topological polar surface area (TPSA) is 75.3 Å². The van der Waals surface area contributed by atoms with Gasteiger partial charge in [0.05, 0.1) is 4.90 Å². The van der Waals surface area contributed by atoms with E-state index >= 15 is 0 Å². The minimum absolute atomic E-state index is 0.119. The van der Waals surface area contributed by atoms with Gasteiger partial charge in [-0.25, -0.2) is 13.1 Å². The number of benzene rings is 1. The number of sulfonamides is 1. The number of anilines is 1. The lowest BCUT2D eigenvalue weighted by atomic mass is 10.3. The summed E-state index contributed by atoms with van der Waals surface area (Å²) < 4.78 is 25.1. The Morgan fingerprint density at radius 1 is 1.29 bits per heavy atom. The predicted octanol–water partition coefficient (Wildman–Crippen LogP) is 1.32. The van der Waals surface area contributed by atoms with Gasteiger partial charge in [0, 0.05) is 17.4 Å². The second-order valence-electron chi connectivity index (χ2n) is 3.22. The van der Waals surface area contributed by atoms with Crippen LogP contribution < -0.4 is 10.0 Å². The molecular weight excluding hydrogens is 308 g/mol. The van der Waals surface area contributed by atoms with Crippen molar-refractivity contribution in [3.63, 3.8) is 0 Å². The van der Waals surface area contributed by atoms with Gasteiger partial charge < -0.3 is 5.32 Å². The first-order valence-corrected chi connectivity index (χ1v) is 7.49. The fraction of sp³-hybridized carbons (Fsp3) is 0.300. The van der Waals surface area contributed by atoms with Crippen LogP contribution in [0.5, 0.6) is 0 Å². The Kier molecular flexibility index (Phi) is 5.10. The van der Waals surface area contributed by atoms with Gasteiger partial charge in [-0.1, -0.05) is 15.9 Å². The van der Waals surface area contributed by atoms with Gasteiger partial charge in [0.2, 0.25) is 15.9 Å². The molecule has 0 aliphatic carbocycles. The van der Waals surface area contributed by atoms with Gasteiger partial charge in [-0.2, -0.15) is 0 Å². The number of carbonyl (C=O) groups excluding carboxylic acids is 1. The summed E-state index contributed by atoms with van der Waals surface area (Å²) >= 11 is 3.16. The van der Waals surface area contributed by atoms with Gasteiger partial charge in [-0.3, -0.25) is 4.79 Å². The molecule has 1 aromatic carbocycles. The van der Waals surface area contributed by atoms with Crippen molar-refractivity contribution in [2.45, 2.75) is 11.3 Å². The molecule has 0 heterocycles. The van der Waals surface area contributed by atoms with Gasteiger partial charge in [-0.05, 0) is 31.3 Å². The molecule has 0 saturated heterocycles. The van der Waals surface area contributed by atoms with Crippen LogP contribution in [0.3, 0.4) is 0 Å². The number of hydrogen-bond donors (Lipinski definition) is 2. The van der Waals surface area contributed by atoms with Gasteiger partial charge in [-0.15, -0.1) is 0 Å². The van der Waals surface area contributed by atoms with Crippen molar-refractivity contribution in [2.24, 2.45) is 0 Å². The number of carbonyl (C=O) groups is 1. The lowest BCUT2D eigenvalue weighted by Gasteiger charge is -2.06. The minimum Gasteiger partial charge on any atom is -0.326 e. The molecule has 1 aromatic rings. The maximum absolute atomic E-state index is 11.4. The Hall–Kier alpha value is -0.920. The summed E-state index contributed by atoms with van der Waals surface area (Å²) in [5.41, 5.74) is 0.575. The number of nitrogens with one attached hydrogen (secondary N) is 2. The summed E-state index contributed by atoms with van der Waals surface area (Å²) in [5.74, 6) is -0.119. The number of hydrogen-bond acceptors (Lipinski definition) is 3. The van der Waals surface area contributed by atoms with E-state index < -0.39 is 10.0 Å². The first-order chi connectivity index (χ1) is 7.99. The third-order valence-corrected chi connectivity index (χ3v) is 3.87. The van der Waals surface area contributed by atoms with Crippen LogP contribution in [0.4, 0.5) is 5.69 Å². The molecule has 0 unspecified atom stereocenters. The highest BCUT2D eigenvalue weighted by molar-refractivity contribution is 9.09. The quantitative estimate of drug-likeness (QED) is 0.803. The molecule has 5 nitrogen and oxygen atoms in total. The highest BCUT2D eigenvalue weighted by Gasteiger charge is 2.10. The average Bonchev–Trinajstić information content (AvgIpc) is 2.30. The molecule has 94 valence electrons. The molecule has 0 atom stereocenters. The maximum atomic E-state index is 11.4. The van der Waals surface area contributed by atoms with E-state index in [0.717, 1.165) is 0 Å². The standard InChI is InChI=1S/C10H13BrN2O3S/c1-12-17(15,16)9-4-2-8(3-5-9)13-10(14)6-7-11/h2-5,12H,6-7H2,1H3,(H,13,14). The first kappa shape index (κ1) is 14.1. The summed E-state index contributed by atoms with van der Waals surface area (Å²) in [6.07, 6.45) is 0.372. The SMILES string of the molecule is CNS(=O)(=O)c1ccc(NC(=O)CCBr)cc1. The second-order valence-corrected chi connectivity index (χ2v) is 5.90. The highest BCUT2D eigenvalue weighted by Crippen LogP contribution is 2.13. The third-order valence-electron chi connectivity index (χ3n) is 2.04. The Bertz CT molecular complexity index is 485. The normalized spacial score (nSPS) is 11.2. The van der Waals surface area contributed by atoms with E-state index in [-0.39, 0.29) is 10.8 Å². The number of alkyl halides is 1. The first-order valence-electron chi connectivity index (χ1n) is 4.89. The van der Waals surface area contributed by atoms with E-state index in [4.69, 9.17) is 0 Å². The van der Waals surface area contributed by atoms with Gasteiger partial charge in [0.15, 0.2) is 0 Å². The van der Waals surface area contributed by atoms with Crippen LogP contribution in [0.15, 0.2) is 29.2 Å². The average molecular weight is 321 g/mol. The zero-order chi connectivity index (χ0) is 12.9. The van der Waals surface area contributed by atoms with Crippen LogP contribution in [0.1, 0.15) is 6.42 Å². The van der Waals surface area contributed by atoms with Crippen molar-refractivity contribution < 1.29 is 13.2 Å². The Balaban J connectivity index is 2.79. The fourth-order valence-corrected chi connectivity index (χ4v) is 2.23. The van der Waals surface area contributed by atoms with Gasteiger partial charge >= 0.3 is 0 Å². The van der Waals surface area contributed by atoms with E-state index in [1.807, 2.05) is 0 Å². The van der Waals surface area contributed by atoms with Crippen molar-refractivity contribution in [3.8, 4) is 0 Å². The Morgan fingerprint density at radius 3 is 2.35 bits per heavy atom. The molecule has 0 saturated carbocycles. The molecule has 1 amide bonds. The largest absolute Gasteiger partial charge is 0.326 e. The monoisotopic (exact) mass is 320 g/mol. The molecule has 1 rings (SSSR count). The molecule has 0 spiro atoms. The Labute approximate surface area is 109 Å². The van der Waals surface area contributed by atoms with Crippen LogP contribution in [-0.4, -0.2) is 26.7 Å². The van der Waals surface area contributed by atoms with Crippen molar-refractivity contribution in [2.75, 3.05) is 17.7 Å².